The molecule has 1 aliphatic rings. The highest BCUT2D eigenvalue weighted by Crippen LogP contribution is 2.40. The number of carbonyl (C=O) groups excluding carboxylic acids is 2. The molecule has 0 aliphatic carbocycles. The number of aliphatic hydroxyl groups is 1. The summed E-state index contributed by atoms with van der Waals surface area (Å²) in [5.74, 6) is -1.26. The first-order chi connectivity index (χ1) is 14.4. The van der Waals surface area contributed by atoms with Gasteiger partial charge in [0.15, 0.2) is 0 Å². The van der Waals surface area contributed by atoms with E-state index in [1.807, 2.05) is 0 Å². The highest BCUT2D eigenvalue weighted by atomic mass is 35.5. The monoisotopic (exact) mass is 429 g/mol. The first kappa shape index (κ1) is 21.7. The molecule has 0 radical (unpaired) electrons. The molecule has 1 unspecified atom stereocenters. The predicted molar refractivity (Wildman–Crippen MR) is 115 cm³/mol. The first-order valence-corrected chi connectivity index (χ1v) is 10.2. The lowest BCUT2D eigenvalue weighted by atomic mass is 9.95. The Morgan fingerprint density at radius 3 is 2.47 bits per heavy atom. The number of halogens is 1. The maximum absolute atomic E-state index is 12.9. The number of phenols is 1. The molecule has 158 valence electrons. The lowest BCUT2D eigenvalue weighted by Gasteiger charge is -2.25. The van der Waals surface area contributed by atoms with Gasteiger partial charge < -0.3 is 19.8 Å². The van der Waals surface area contributed by atoms with Crippen LogP contribution in [0.5, 0.6) is 11.5 Å². The van der Waals surface area contributed by atoms with Crippen LogP contribution in [0.25, 0.3) is 5.76 Å². The van der Waals surface area contributed by atoms with Gasteiger partial charge in [-0.05, 0) is 42.3 Å². The molecular weight excluding hydrogens is 406 g/mol. The molecule has 2 aromatic carbocycles. The normalized spacial score (nSPS) is 18.1. The highest BCUT2D eigenvalue weighted by molar-refractivity contribution is 6.46. The third-order valence-electron chi connectivity index (χ3n) is 5.18. The minimum Gasteiger partial charge on any atom is -0.508 e. The molecule has 0 spiro atoms. The summed E-state index contributed by atoms with van der Waals surface area (Å²) in [5, 5.41) is 21.0. The largest absolute Gasteiger partial charge is 0.508 e. The standard InChI is InChI=1S/C23H24ClNO5/c1-3-4-5-12-25-20(14-6-9-16(26)10-7-14)19(22(28)23(25)29)21(27)15-8-11-17(24)18(13-15)30-2/h6-11,13,20,26-27H,3-5,12H2,1-2H3/b21-19-. The Labute approximate surface area is 180 Å². The Morgan fingerprint density at radius 1 is 1.13 bits per heavy atom. The third kappa shape index (κ3) is 4.14. The second-order valence-electron chi connectivity index (χ2n) is 7.14. The van der Waals surface area contributed by atoms with E-state index in [0.717, 1.165) is 19.3 Å². The van der Waals surface area contributed by atoms with Crippen LogP contribution in [0, 0.1) is 0 Å². The zero-order chi connectivity index (χ0) is 21.8. The number of nitrogens with zero attached hydrogens (tertiary/aromatic N) is 1. The molecule has 7 heteroatoms. The minimum absolute atomic E-state index is 0.00608. The number of hydrogen-bond acceptors (Lipinski definition) is 5. The van der Waals surface area contributed by atoms with Crippen molar-refractivity contribution in [2.75, 3.05) is 13.7 Å². The second kappa shape index (κ2) is 9.22. The molecule has 2 N–H and O–H groups in total. The lowest BCUT2D eigenvalue weighted by Crippen LogP contribution is -2.30. The minimum atomic E-state index is -0.746. The Morgan fingerprint density at radius 2 is 1.83 bits per heavy atom. The van der Waals surface area contributed by atoms with Crippen molar-refractivity contribution in [1.82, 2.24) is 4.90 Å². The number of carbonyl (C=O) groups is 2. The van der Waals surface area contributed by atoms with E-state index in [-0.39, 0.29) is 17.1 Å². The fraction of sp³-hybridized carbons (Fsp3) is 0.304. The fourth-order valence-corrected chi connectivity index (χ4v) is 3.80. The molecule has 0 saturated carbocycles. The van der Waals surface area contributed by atoms with Crippen LogP contribution in [0.4, 0.5) is 0 Å². The molecule has 1 aliphatic heterocycles. The molecule has 1 heterocycles. The summed E-state index contributed by atoms with van der Waals surface area (Å²) in [6, 6.07) is 10.2. The van der Waals surface area contributed by atoms with Gasteiger partial charge in [-0.25, -0.2) is 0 Å². The van der Waals surface area contributed by atoms with E-state index in [4.69, 9.17) is 16.3 Å². The van der Waals surface area contributed by atoms with Gasteiger partial charge in [0.1, 0.15) is 17.3 Å². The second-order valence-corrected chi connectivity index (χ2v) is 7.55. The highest BCUT2D eigenvalue weighted by Gasteiger charge is 2.45. The smallest absolute Gasteiger partial charge is 0.295 e. The van der Waals surface area contributed by atoms with Crippen LogP contribution in [0.3, 0.4) is 0 Å². The van der Waals surface area contributed by atoms with Gasteiger partial charge >= 0.3 is 0 Å². The van der Waals surface area contributed by atoms with Crippen molar-refractivity contribution in [2.45, 2.75) is 32.2 Å². The topological polar surface area (TPSA) is 87.1 Å². The maximum Gasteiger partial charge on any atom is 0.295 e. The van der Waals surface area contributed by atoms with Gasteiger partial charge in [0.2, 0.25) is 0 Å². The van der Waals surface area contributed by atoms with Crippen molar-refractivity contribution < 1.29 is 24.5 Å². The van der Waals surface area contributed by atoms with Gasteiger partial charge in [0.05, 0.1) is 23.7 Å². The molecule has 1 saturated heterocycles. The van der Waals surface area contributed by atoms with E-state index < -0.39 is 17.7 Å². The molecule has 2 aromatic rings. The fourth-order valence-electron chi connectivity index (χ4n) is 3.61. The number of ketones is 1. The van der Waals surface area contributed by atoms with Crippen LogP contribution in [0.15, 0.2) is 48.0 Å². The summed E-state index contributed by atoms with van der Waals surface area (Å²) in [6.07, 6.45) is 2.63. The summed E-state index contributed by atoms with van der Waals surface area (Å²) >= 11 is 6.07. The SMILES string of the molecule is CCCCCN1C(=O)C(=O)/C(=C(\O)c2ccc(Cl)c(OC)c2)C1c1ccc(O)cc1. The molecule has 0 bridgehead atoms. The Bertz CT molecular complexity index is 984. The van der Waals surface area contributed by atoms with Gasteiger partial charge in [0, 0.05) is 12.1 Å². The van der Waals surface area contributed by atoms with Crippen LogP contribution in [0.1, 0.15) is 43.4 Å². The summed E-state index contributed by atoms with van der Waals surface area (Å²) in [4.78, 5) is 27.2. The summed E-state index contributed by atoms with van der Waals surface area (Å²) in [7, 11) is 1.45. The van der Waals surface area contributed by atoms with Gasteiger partial charge in [-0.1, -0.05) is 43.5 Å². The van der Waals surface area contributed by atoms with Crippen molar-refractivity contribution in [2.24, 2.45) is 0 Å². The van der Waals surface area contributed by atoms with E-state index in [9.17, 15) is 19.8 Å². The Hall–Kier alpha value is -2.99. The van der Waals surface area contributed by atoms with Gasteiger partial charge in [-0.3, -0.25) is 9.59 Å². The van der Waals surface area contributed by atoms with Crippen molar-refractivity contribution in [3.8, 4) is 11.5 Å². The van der Waals surface area contributed by atoms with E-state index in [2.05, 4.69) is 6.92 Å². The molecule has 1 amide bonds. The number of phenolic OH excluding ortho intramolecular Hbond substituents is 1. The molecule has 30 heavy (non-hydrogen) atoms. The van der Waals surface area contributed by atoms with Crippen LogP contribution in [0.2, 0.25) is 5.02 Å². The number of benzene rings is 2. The number of unbranched alkanes of at least 4 members (excludes halogenated alkanes) is 2. The lowest BCUT2D eigenvalue weighted by molar-refractivity contribution is -0.139. The summed E-state index contributed by atoms with van der Waals surface area (Å²) in [6.45, 7) is 2.45. The molecule has 1 atom stereocenters. The van der Waals surface area contributed by atoms with E-state index in [0.29, 0.717) is 28.4 Å². The predicted octanol–water partition coefficient (Wildman–Crippen LogP) is 4.67. The van der Waals surface area contributed by atoms with E-state index in [1.54, 1.807) is 24.3 Å². The van der Waals surface area contributed by atoms with Gasteiger partial charge in [-0.2, -0.15) is 0 Å². The number of likely N-dealkylation sites (tertiary alicyclic amines) is 1. The van der Waals surface area contributed by atoms with Gasteiger partial charge in [-0.15, -0.1) is 0 Å². The zero-order valence-corrected chi connectivity index (χ0v) is 17.6. The Balaban J connectivity index is 2.13. The van der Waals surface area contributed by atoms with Crippen molar-refractivity contribution >= 4 is 29.1 Å². The van der Waals surface area contributed by atoms with Crippen LogP contribution in [-0.2, 0) is 9.59 Å². The number of methoxy groups -OCH3 is 1. The quantitative estimate of drug-likeness (QED) is 0.289. The zero-order valence-electron chi connectivity index (χ0n) is 16.9. The van der Waals surface area contributed by atoms with Crippen LogP contribution in [-0.4, -0.2) is 40.5 Å². The molecule has 0 aromatic heterocycles. The number of ether oxygens (including phenoxy) is 1. The molecular formula is C23H24ClNO5. The van der Waals surface area contributed by atoms with E-state index in [1.165, 1.54) is 30.2 Å². The third-order valence-corrected chi connectivity index (χ3v) is 5.49. The molecule has 3 rings (SSSR count). The van der Waals surface area contributed by atoms with Crippen molar-refractivity contribution in [3.05, 3.63) is 64.2 Å². The average molecular weight is 430 g/mol. The number of hydrogen-bond donors (Lipinski definition) is 2. The number of rotatable bonds is 7. The van der Waals surface area contributed by atoms with Crippen LogP contribution >= 0.6 is 11.6 Å². The van der Waals surface area contributed by atoms with E-state index >= 15 is 0 Å². The number of Topliss-reactive ketones (excluding diaryl/α,β-unsaturated/α-hetero) is 1. The number of aliphatic hydroxyl groups excluding tert-OH is 1. The maximum atomic E-state index is 12.9. The first-order valence-electron chi connectivity index (χ1n) is 9.80. The van der Waals surface area contributed by atoms with Crippen molar-refractivity contribution in [1.29, 1.82) is 0 Å². The summed E-state index contributed by atoms with van der Waals surface area (Å²) in [5.41, 5.74) is 0.962. The Kier molecular flexibility index (Phi) is 6.67. The van der Waals surface area contributed by atoms with Crippen molar-refractivity contribution in [3.63, 3.8) is 0 Å². The number of amides is 1. The molecule has 1 fully saturated rings. The van der Waals surface area contributed by atoms with Crippen LogP contribution < -0.4 is 4.74 Å². The molecule has 6 nitrogen and oxygen atoms in total. The van der Waals surface area contributed by atoms with Gasteiger partial charge in [0.25, 0.3) is 11.7 Å². The summed E-state index contributed by atoms with van der Waals surface area (Å²) < 4.78 is 5.20. The average Bonchev–Trinajstić information content (AvgIpc) is 2.99. The number of aromatic hydroxyl groups is 1.